The Morgan fingerprint density at radius 2 is 2.42 bits per heavy atom. The first-order valence-electron chi connectivity index (χ1n) is 4.69. The highest BCUT2D eigenvalue weighted by atomic mass is 16.5. The smallest absolute Gasteiger partial charge is 0.0672 e. The monoisotopic (exact) mass is 173 g/mol. The van der Waals surface area contributed by atoms with Crippen molar-refractivity contribution in [3.05, 3.63) is 0 Å². The molecule has 0 aromatic heterocycles. The van der Waals surface area contributed by atoms with Gasteiger partial charge < -0.3 is 15.2 Å². The van der Waals surface area contributed by atoms with Gasteiger partial charge in [0.2, 0.25) is 0 Å². The van der Waals surface area contributed by atoms with Crippen molar-refractivity contribution >= 4 is 0 Å². The Labute approximate surface area is 74.2 Å². The van der Waals surface area contributed by atoms with Crippen LogP contribution in [0.4, 0.5) is 0 Å². The van der Waals surface area contributed by atoms with Crippen molar-refractivity contribution in [2.75, 3.05) is 13.2 Å². The summed E-state index contributed by atoms with van der Waals surface area (Å²) in [7, 11) is 0. The third-order valence-electron chi connectivity index (χ3n) is 2.19. The van der Waals surface area contributed by atoms with Crippen molar-refractivity contribution in [3.63, 3.8) is 0 Å². The van der Waals surface area contributed by atoms with Gasteiger partial charge in [0.05, 0.1) is 18.3 Å². The van der Waals surface area contributed by atoms with Crippen molar-refractivity contribution in [3.8, 4) is 0 Å². The molecule has 1 saturated heterocycles. The Morgan fingerprint density at radius 1 is 1.67 bits per heavy atom. The van der Waals surface area contributed by atoms with Crippen LogP contribution in [-0.2, 0) is 9.47 Å². The van der Waals surface area contributed by atoms with E-state index in [-0.39, 0.29) is 6.10 Å². The summed E-state index contributed by atoms with van der Waals surface area (Å²) in [6.45, 7) is 5.53. The fraction of sp³-hybridized carbons (Fsp3) is 1.00. The van der Waals surface area contributed by atoms with E-state index in [2.05, 4.69) is 6.92 Å². The topological polar surface area (TPSA) is 44.5 Å². The van der Waals surface area contributed by atoms with Gasteiger partial charge in [0, 0.05) is 13.2 Å². The highest BCUT2D eigenvalue weighted by Gasteiger charge is 2.20. The molecule has 0 spiro atoms. The molecular weight excluding hydrogens is 154 g/mol. The van der Waals surface area contributed by atoms with E-state index in [9.17, 15) is 0 Å². The second-order valence-corrected chi connectivity index (χ2v) is 3.51. The average molecular weight is 173 g/mol. The van der Waals surface area contributed by atoms with Crippen LogP contribution < -0.4 is 5.73 Å². The summed E-state index contributed by atoms with van der Waals surface area (Å²) < 4.78 is 11.1. The highest BCUT2D eigenvalue weighted by Crippen LogP contribution is 2.17. The van der Waals surface area contributed by atoms with Crippen LogP contribution in [0.5, 0.6) is 0 Å². The summed E-state index contributed by atoms with van der Waals surface area (Å²) in [5.41, 5.74) is 5.47. The highest BCUT2D eigenvalue weighted by molar-refractivity contribution is 4.69. The third kappa shape index (κ3) is 3.09. The summed E-state index contributed by atoms with van der Waals surface area (Å²) in [4.78, 5) is 0. The molecule has 0 aromatic carbocycles. The van der Waals surface area contributed by atoms with E-state index in [1.807, 2.05) is 6.92 Å². The zero-order valence-corrected chi connectivity index (χ0v) is 7.95. The molecule has 12 heavy (non-hydrogen) atoms. The standard InChI is InChI=1S/C9H19NO2/c1-7-5-9(3-4-11-7)12-8(2)6-10/h7-9H,3-6,10H2,1-2H3. The lowest BCUT2D eigenvalue weighted by atomic mass is 10.1. The first kappa shape index (κ1) is 9.96. The van der Waals surface area contributed by atoms with Gasteiger partial charge in [-0.1, -0.05) is 0 Å². The minimum atomic E-state index is 0.181. The van der Waals surface area contributed by atoms with Crippen LogP contribution in [0, 0.1) is 0 Å². The first-order valence-corrected chi connectivity index (χ1v) is 4.69. The van der Waals surface area contributed by atoms with Crippen LogP contribution in [0.15, 0.2) is 0 Å². The normalized spacial score (nSPS) is 33.2. The molecule has 3 nitrogen and oxygen atoms in total. The maximum absolute atomic E-state index is 5.71. The molecule has 1 aliphatic rings. The van der Waals surface area contributed by atoms with E-state index < -0.39 is 0 Å². The van der Waals surface area contributed by atoms with Crippen LogP contribution in [0.2, 0.25) is 0 Å². The minimum absolute atomic E-state index is 0.181. The largest absolute Gasteiger partial charge is 0.378 e. The van der Waals surface area contributed by atoms with Crippen molar-refractivity contribution in [1.82, 2.24) is 0 Å². The van der Waals surface area contributed by atoms with Gasteiger partial charge >= 0.3 is 0 Å². The summed E-state index contributed by atoms with van der Waals surface area (Å²) in [5.74, 6) is 0. The molecular formula is C9H19NO2. The molecule has 3 unspecified atom stereocenters. The quantitative estimate of drug-likeness (QED) is 0.690. The zero-order valence-electron chi connectivity index (χ0n) is 7.95. The second-order valence-electron chi connectivity index (χ2n) is 3.51. The van der Waals surface area contributed by atoms with E-state index in [1.165, 1.54) is 0 Å². The zero-order chi connectivity index (χ0) is 8.97. The van der Waals surface area contributed by atoms with Crippen molar-refractivity contribution < 1.29 is 9.47 Å². The summed E-state index contributed by atoms with van der Waals surface area (Å²) in [5, 5.41) is 0. The Balaban J connectivity index is 2.22. The van der Waals surface area contributed by atoms with Gasteiger partial charge in [0.1, 0.15) is 0 Å². The summed E-state index contributed by atoms with van der Waals surface area (Å²) in [6, 6.07) is 0. The SMILES string of the molecule is CC1CC(OC(C)CN)CCO1. The Morgan fingerprint density at radius 3 is 3.00 bits per heavy atom. The van der Waals surface area contributed by atoms with Crippen LogP contribution in [-0.4, -0.2) is 31.5 Å². The summed E-state index contributed by atoms with van der Waals surface area (Å²) >= 11 is 0. The molecule has 72 valence electrons. The predicted octanol–water partition coefficient (Wildman–Crippen LogP) is 0.918. The molecule has 1 rings (SSSR count). The van der Waals surface area contributed by atoms with Gasteiger partial charge in [-0.15, -0.1) is 0 Å². The maximum Gasteiger partial charge on any atom is 0.0672 e. The fourth-order valence-corrected chi connectivity index (χ4v) is 1.46. The molecule has 0 saturated carbocycles. The molecule has 3 atom stereocenters. The van der Waals surface area contributed by atoms with E-state index >= 15 is 0 Å². The lowest BCUT2D eigenvalue weighted by Crippen LogP contribution is -2.33. The van der Waals surface area contributed by atoms with Crippen molar-refractivity contribution in [2.45, 2.75) is 45.0 Å². The average Bonchev–Trinajstić information content (AvgIpc) is 2.04. The number of hydrogen-bond donors (Lipinski definition) is 1. The molecule has 0 aliphatic carbocycles. The first-order chi connectivity index (χ1) is 5.72. The minimum Gasteiger partial charge on any atom is -0.378 e. The summed E-state index contributed by atoms with van der Waals surface area (Å²) in [6.07, 6.45) is 2.89. The van der Waals surface area contributed by atoms with E-state index in [4.69, 9.17) is 15.2 Å². The lowest BCUT2D eigenvalue weighted by Gasteiger charge is -2.29. The Bertz CT molecular complexity index is 130. The van der Waals surface area contributed by atoms with Crippen molar-refractivity contribution in [2.24, 2.45) is 5.73 Å². The molecule has 0 bridgehead atoms. The fourth-order valence-electron chi connectivity index (χ4n) is 1.46. The number of rotatable bonds is 3. The second kappa shape index (κ2) is 4.80. The third-order valence-corrected chi connectivity index (χ3v) is 2.19. The molecule has 1 fully saturated rings. The van der Waals surface area contributed by atoms with Gasteiger partial charge in [-0.05, 0) is 26.7 Å². The van der Waals surface area contributed by atoms with Gasteiger partial charge in [0.25, 0.3) is 0 Å². The number of ether oxygens (including phenoxy) is 2. The van der Waals surface area contributed by atoms with Crippen molar-refractivity contribution in [1.29, 1.82) is 0 Å². The van der Waals surface area contributed by atoms with Gasteiger partial charge in [0.15, 0.2) is 0 Å². The molecule has 0 aromatic rings. The lowest BCUT2D eigenvalue weighted by molar-refractivity contribution is -0.0858. The Hall–Kier alpha value is -0.120. The molecule has 0 amide bonds. The van der Waals surface area contributed by atoms with E-state index in [0.717, 1.165) is 19.4 Å². The van der Waals surface area contributed by atoms with Crippen LogP contribution >= 0.6 is 0 Å². The van der Waals surface area contributed by atoms with Gasteiger partial charge in [-0.25, -0.2) is 0 Å². The molecule has 3 heteroatoms. The predicted molar refractivity (Wildman–Crippen MR) is 48.0 cm³/mol. The van der Waals surface area contributed by atoms with E-state index in [1.54, 1.807) is 0 Å². The molecule has 1 aliphatic heterocycles. The van der Waals surface area contributed by atoms with Crippen LogP contribution in [0.1, 0.15) is 26.7 Å². The van der Waals surface area contributed by atoms with Gasteiger partial charge in [-0.2, -0.15) is 0 Å². The Kier molecular flexibility index (Phi) is 3.98. The maximum atomic E-state index is 5.71. The number of hydrogen-bond acceptors (Lipinski definition) is 3. The molecule has 2 N–H and O–H groups in total. The van der Waals surface area contributed by atoms with Crippen LogP contribution in [0.3, 0.4) is 0 Å². The van der Waals surface area contributed by atoms with Crippen LogP contribution in [0.25, 0.3) is 0 Å². The number of nitrogens with two attached hydrogens (primary N) is 1. The van der Waals surface area contributed by atoms with E-state index in [0.29, 0.717) is 18.8 Å². The molecule has 1 heterocycles. The molecule has 0 radical (unpaired) electrons. The van der Waals surface area contributed by atoms with Gasteiger partial charge in [-0.3, -0.25) is 0 Å².